The summed E-state index contributed by atoms with van der Waals surface area (Å²) in [6.07, 6.45) is 4.41. The summed E-state index contributed by atoms with van der Waals surface area (Å²) in [5.41, 5.74) is 0.630. The Morgan fingerprint density at radius 3 is 2.41 bits per heavy atom. The minimum atomic E-state index is -0.0929. The number of carbonyl (C=O) groups excluding carboxylic acids is 2. The predicted octanol–water partition coefficient (Wildman–Crippen LogP) is 2.52. The Hall–Kier alpha value is -1.63. The minimum absolute atomic E-state index is 0.0134. The monoisotopic (exact) mass is 419 g/mol. The summed E-state index contributed by atoms with van der Waals surface area (Å²) in [4.78, 5) is 32.1. The molecule has 3 aliphatic rings. The second-order valence-electron chi connectivity index (χ2n) is 8.36. The van der Waals surface area contributed by atoms with Crippen LogP contribution < -0.4 is 0 Å². The number of likely N-dealkylation sites (tertiary alicyclic amines) is 1. The first kappa shape index (κ1) is 20.6. The predicted molar refractivity (Wildman–Crippen MR) is 112 cm³/mol. The quantitative estimate of drug-likeness (QED) is 0.752. The summed E-state index contributed by atoms with van der Waals surface area (Å²) in [6.45, 7) is 6.44. The van der Waals surface area contributed by atoms with Crippen molar-refractivity contribution >= 4 is 23.4 Å². The van der Waals surface area contributed by atoms with Gasteiger partial charge in [0.2, 0.25) is 5.91 Å². The molecule has 158 valence electrons. The molecule has 3 heterocycles. The van der Waals surface area contributed by atoms with Crippen LogP contribution in [0.5, 0.6) is 0 Å². The van der Waals surface area contributed by atoms with Crippen LogP contribution in [-0.4, -0.2) is 85.0 Å². The molecule has 0 aromatic heterocycles. The minimum Gasteiger partial charge on any atom is -0.377 e. The molecule has 0 aliphatic carbocycles. The maximum atomic E-state index is 13.1. The van der Waals surface area contributed by atoms with Crippen molar-refractivity contribution in [3.8, 4) is 0 Å². The van der Waals surface area contributed by atoms with Crippen molar-refractivity contribution < 1.29 is 14.3 Å². The standard InChI is InChI=1S/C22H30ClN3O3/c23-19-7-5-17(6-8-19)21(27)26-9-1-3-18(15-26)22(28)25-12-10-24(11-13-25)16-20-4-2-14-29-20/h5-8,18,20H,1-4,9-16H2/t18-,20-/m1/s1. The fraction of sp³-hybridized carbons (Fsp3) is 0.636. The molecule has 2 amide bonds. The summed E-state index contributed by atoms with van der Waals surface area (Å²) >= 11 is 5.92. The molecule has 1 aromatic rings. The SMILES string of the molecule is O=C(c1ccc(Cl)cc1)N1CCC[C@@H](C(=O)N2CCN(C[C@H]3CCCO3)CC2)C1. The van der Waals surface area contributed by atoms with E-state index >= 15 is 0 Å². The van der Waals surface area contributed by atoms with Gasteiger partial charge in [-0.2, -0.15) is 0 Å². The second-order valence-corrected chi connectivity index (χ2v) is 8.79. The Balaban J connectivity index is 1.28. The van der Waals surface area contributed by atoms with Gasteiger partial charge in [0.25, 0.3) is 5.91 Å². The van der Waals surface area contributed by atoms with Gasteiger partial charge in [0, 0.05) is 63.0 Å². The van der Waals surface area contributed by atoms with Gasteiger partial charge in [-0.3, -0.25) is 14.5 Å². The van der Waals surface area contributed by atoms with Crippen LogP contribution >= 0.6 is 11.6 Å². The molecule has 29 heavy (non-hydrogen) atoms. The second kappa shape index (κ2) is 9.45. The average molecular weight is 420 g/mol. The largest absolute Gasteiger partial charge is 0.377 e. The number of piperazine rings is 1. The molecule has 1 aromatic carbocycles. The van der Waals surface area contributed by atoms with Gasteiger partial charge < -0.3 is 14.5 Å². The van der Waals surface area contributed by atoms with Crippen molar-refractivity contribution in [3.05, 3.63) is 34.9 Å². The molecule has 0 bridgehead atoms. The highest BCUT2D eigenvalue weighted by molar-refractivity contribution is 6.30. The highest BCUT2D eigenvalue weighted by Gasteiger charge is 2.33. The Morgan fingerprint density at radius 1 is 0.966 bits per heavy atom. The van der Waals surface area contributed by atoms with Crippen molar-refractivity contribution in [2.24, 2.45) is 5.92 Å². The number of benzene rings is 1. The summed E-state index contributed by atoms with van der Waals surface area (Å²) in [7, 11) is 0. The van der Waals surface area contributed by atoms with Gasteiger partial charge in [-0.05, 0) is 49.9 Å². The lowest BCUT2D eigenvalue weighted by molar-refractivity contribution is -0.138. The van der Waals surface area contributed by atoms with Gasteiger partial charge in [-0.1, -0.05) is 11.6 Å². The summed E-state index contributed by atoms with van der Waals surface area (Å²) < 4.78 is 5.74. The van der Waals surface area contributed by atoms with E-state index in [9.17, 15) is 9.59 Å². The lowest BCUT2D eigenvalue weighted by atomic mass is 9.95. The Kier molecular flexibility index (Phi) is 6.73. The van der Waals surface area contributed by atoms with Crippen molar-refractivity contribution in [1.82, 2.24) is 14.7 Å². The van der Waals surface area contributed by atoms with Crippen LogP contribution in [0.1, 0.15) is 36.0 Å². The molecule has 0 spiro atoms. The first-order chi connectivity index (χ1) is 14.1. The van der Waals surface area contributed by atoms with E-state index < -0.39 is 0 Å². The number of ether oxygens (including phenoxy) is 1. The van der Waals surface area contributed by atoms with Gasteiger partial charge >= 0.3 is 0 Å². The molecule has 3 saturated heterocycles. The van der Waals surface area contributed by atoms with E-state index in [1.165, 1.54) is 0 Å². The lowest BCUT2D eigenvalue weighted by Gasteiger charge is -2.39. The van der Waals surface area contributed by atoms with Gasteiger partial charge in [-0.15, -0.1) is 0 Å². The number of piperidine rings is 1. The van der Waals surface area contributed by atoms with Crippen LogP contribution in [0.25, 0.3) is 0 Å². The van der Waals surface area contributed by atoms with Crippen LogP contribution in [0.3, 0.4) is 0 Å². The zero-order valence-electron chi connectivity index (χ0n) is 16.9. The highest BCUT2D eigenvalue weighted by atomic mass is 35.5. The molecule has 3 fully saturated rings. The topological polar surface area (TPSA) is 53.1 Å². The van der Waals surface area contributed by atoms with E-state index in [4.69, 9.17) is 16.3 Å². The highest BCUT2D eigenvalue weighted by Crippen LogP contribution is 2.22. The first-order valence-electron chi connectivity index (χ1n) is 10.8. The van der Waals surface area contributed by atoms with Gasteiger partial charge in [-0.25, -0.2) is 0 Å². The number of rotatable bonds is 4. The average Bonchev–Trinajstić information content (AvgIpc) is 3.27. The molecule has 0 saturated carbocycles. The van der Waals surface area contributed by atoms with Crippen molar-refractivity contribution in [1.29, 1.82) is 0 Å². The van der Waals surface area contributed by atoms with E-state index in [1.807, 2.05) is 9.80 Å². The molecule has 7 heteroatoms. The van der Waals surface area contributed by atoms with E-state index in [1.54, 1.807) is 24.3 Å². The zero-order valence-corrected chi connectivity index (χ0v) is 17.6. The number of hydrogen-bond donors (Lipinski definition) is 0. The third-order valence-corrected chi connectivity index (χ3v) is 6.57. The van der Waals surface area contributed by atoms with E-state index in [-0.39, 0.29) is 17.7 Å². The van der Waals surface area contributed by atoms with Crippen molar-refractivity contribution in [3.63, 3.8) is 0 Å². The number of hydrogen-bond acceptors (Lipinski definition) is 4. The van der Waals surface area contributed by atoms with Gasteiger partial charge in [0.15, 0.2) is 0 Å². The molecule has 0 unspecified atom stereocenters. The Labute approximate surface area is 177 Å². The third-order valence-electron chi connectivity index (χ3n) is 6.32. The fourth-order valence-electron chi connectivity index (χ4n) is 4.62. The van der Waals surface area contributed by atoms with Crippen LogP contribution in [0.4, 0.5) is 0 Å². The summed E-state index contributed by atoms with van der Waals surface area (Å²) in [5.74, 6) is 0.0978. The molecule has 6 nitrogen and oxygen atoms in total. The van der Waals surface area contributed by atoms with Crippen molar-refractivity contribution in [2.75, 3.05) is 52.4 Å². The zero-order chi connectivity index (χ0) is 20.2. The van der Waals surface area contributed by atoms with Crippen LogP contribution in [0.2, 0.25) is 5.02 Å². The molecule has 0 radical (unpaired) electrons. The first-order valence-corrected chi connectivity index (χ1v) is 11.2. The van der Waals surface area contributed by atoms with Gasteiger partial charge in [0.1, 0.15) is 0 Å². The maximum Gasteiger partial charge on any atom is 0.253 e. The number of halogens is 1. The van der Waals surface area contributed by atoms with Crippen LogP contribution in [0.15, 0.2) is 24.3 Å². The summed E-state index contributed by atoms with van der Waals surface area (Å²) in [5, 5.41) is 0.617. The lowest BCUT2D eigenvalue weighted by Crippen LogP contribution is -2.53. The smallest absolute Gasteiger partial charge is 0.253 e. The van der Waals surface area contributed by atoms with E-state index in [0.717, 1.165) is 65.0 Å². The third kappa shape index (κ3) is 5.11. The van der Waals surface area contributed by atoms with E-state index in [0.29, 0.717) is 29.8 Å². The van der Waals surface area contributed by atoms with Gasteiger partial charge in [0.05, 0.1) is 12.0 Å². The molecular formula is C22H30ClN3O3. The number of carbonyl (C=O) groups is 2. The van der Waals surface area contributed by atoms with Crippen LogP contribution in [-0.2, 0) is 9.53 Å². The maximum absolute atomic E-state index is 13.1. The molecule has 2 atom stereocenters. The Morgan fingerprint density at radius 2 is 1.72 bits per heavy atom. The fourth-order valence-corrected chi connectivity index (χ4v) is 4.75. The van der Waals surface area contributed by atoms with Crippen LogP contribution in [0, 0.1) is 5.92 Å². The number of amides is 2. The summed E-state index contributed by atoms with van der Waals surface area (Å²) in [6, 6.07) is 6.97. The normalized spacial score (nSPS) is 26.0. The Bertz CT molecular complexity index is 713. The van der Waals surface area contributed by atoms with E-state index in [2.05, 4.69) is 4.90 Å². The molecule has 4 rings (SSSR count). The molecule has 0 N–H and O–H groups in total. The van der Waals surface area contributed by atoms with Crippen molar-refractivity contribution in [2.45, 2.75) is 31.8 Å². The molecule has 3 aliphatic heterocycles. The number of nitrogens with zero attached hydrogens (tertiary/aromatic N) is 3. The molecular weight excluding hydrogens is 390 g/mol.